The summed E-state index contributed by atoms with van der Waals surface area (Å²) >= 11 is 6.84. The van der Waals surface area contributed by atoms with Crippen LogP contribution < -0.4 is 11.1 Å². The van der Waals surface area contributed by atoms with Gasteiger partial charge >= 0.3 is 0 Å². The number of rotatable bonds is 2. The van der Waals surface area contributed by atoms with Crippen molar-refractivity contribution >= 4 is 34.5 Å². The normalized spacial score (nSPS) is 9.75. The molecule has 0 radical (unpaired) electrons. The van der Waals surface area contributed by atoms with Crippen LogP contribution in [-0.4, -0.2) is 12.5 Å². The lowest BCUT2D eigenvalue weighted by molar-refractivity contribution is 0.103. The van der Waals surface area contributed by atoms with Crippen molar-refractivity contribution in [3.63, 3.8) is 0 Å². The Bertz CT molecular complexity index is 703. The molecule has 1 heterocycles. The number of hydrogen-bond acceptors (Lipinski definition) is 3. The summed E-state index contributed by atoms with van der Waals surface area (Å²) in [5, 5.41) is 4.37. The molecule has 0 bridgehead atoms. The van der Waals surface area contributed by atoms with Crippen molar-refractivity contribution in [1.82, 2.24) is 0 Å². The Morgan fingerprint density at radius 1 is 1.45 bits per heavy atom. The first kappa shape index (κ1) is 14.5. The predicted molar refractivity (Wildman–Crippen MR) is 79.6 cm³/mol. The summed E-state index contributed by atoms with van der Waals surface area (Å²) in [5.74, 6) is 4.58. The van der Waals surface area contributed by atoms with Crippen molar-refractivity contribution in [2.75, 3.05) is 11.9 Å². The Morgan fingerprint density at radius 3 is 2.95 bits per heavy atom. The topological polar surface area (TPSA) is 55.1 Å². The quantitative estimate of drug-likeness (QED) is 0.838. The number of thiophene rings is 1. The van der Waals surface area contributed by atoms with Crippen molar-refractivity contribution in [2.24, 2.45) is 5.73 Å². The number of hydrogen-bond donors (Lipinski definition) is 2. The van der Waals surface area contributed by atoms with E-state index in [1.807, 2.05) is 0 Å². The standard InChI is InChI=1S/C14H10ClFN2OS/c15-11-4-3-10(8-12(11)16)18-14(19)13-9(2-1-6-17)5-7-20-13/h3-5,7-8H,6,17H2,(H,18,19). The Morgan fingerprint density at radius 2 is 2.25 bits per heavy atom. The maximum absolute atomic E-state index is 13.3. The molecule has 0 fully saturated rings. The van der Waals surface area contributed by atoms with E-state index in [0.717, 1.165) is 0 Å². The summed E-state index contributed by atoms with van der Waals surface area (Å²) in [6, 6.07) is 5.82. The molecule has 3 nitrogen and oxygen atoms in total. The summed E-state index contributed by atoms with van der Waals surface area (Å²) in [5.41, 5.74) is 6.24. The van der Waals surface area contributed by atoms with E-state index in [9.17, 15) is 9.18 Å². The van der Waals surface area contributed by atoms with Gasteiger partial charge in [-0.05, 0) is 29.6 Å². The molecule has 0 atom stereocenters. The van der Waals surface area contributed by atoms with Crippen LogP contribution in [-0.2, 0) is 0 Å². The van der Waals surface area contributed by atoms with Crippen molar-refractivity contribution in [3.8, 4) is 11.8 Å². The van der Waals surface area contributed by atoms with Crippen LogP contribution in [0.25, 0.3) is 0 Å². The average molecular weight is 309 g/mol. The van der Waals surface area contributed by atoms with Gasteiger partial charge in [0.25, 0.3) is 5.91 Å². The fourth-order valence-electron chi connectivity index (χ4n) is 1.49. The van der Waals surface area contributed by atoms with Crippen molar-refractivity contribution in [2.45, 2.75) is 0 Å². The van der Waals surface area contributed by atoms with Crippen LogP contribution in [0.3, 0.4) is 0 Å². The summed E-state index contributed by atoms with van der Waals surface area (Å²) in [7, 11) is 0. The smallest absolute Gasteiger partial charge is 0.267 e. The number of benzene rings is 1. The highest BCUT2D eigenvalue weighted by molar-refractivity contribution is 7.12. The fourth-order valence-corrected chi connectivity index (χ4v) is 2.35. The van der Waals surface area contributed by atoms with Gasteiger partial charge in [-0.1, -0.05) is 23.4 Å². The van der Waals surface area contributed by atoms with Crippen LogP contribution in [0.1, 0.15) is 15.2 Å². The molecular weight excluding hydrogens is 299 g/mol. The lowest BCUT2D eigenvalue weighted by Gasteiger charge is -2.05. The minimum Gasteiger partial charge on any atom is -0.321 e. The van der Waals surface area contributed by atoms with E-state index >= 15 is 0 Å². The molecule has 1 amide bonds. The van der Waals surface area contributed by atoms with Crippen molar-refractivity contribution in [1.29, 1.82) is 0 Å². The third-order valence-electron chi connectivity index (χ3n) is 2.37. The number of carbonyl (C=O) groups excluding carboxylic acids is 1. The highest BCUT2D eigenvalue weighted by Crippen LogP contribution is 2.21. The number of nitrogens with one attached hydrogen (secondary N) is 1. The molecule has 0 unspecified atom stereocenters. The molecule has 0 aliphatic rings. The second-order valence-corrected chi connectivity index (χ2v) is 5.08. The first-order valence-electron chi connectivity index (χ1n) is 5.64. The van der Waals surface area contributed by atoms with Crippen molar-refractivity contribution in [3.05, 3.63) is 50.9 Å². The number of amides is 1. The lowest BCUT2D eigenvalue weighted by atomic mass is 10.2. The van der Waals surface area contributed by atoms with Crippen LogP contribution >= 0.6 is 22.9 Å². The molecule has 0 aliphatic carbocycles. The van der Waals surface area contributed by atoms with E-state index in [2.05, 4.69) is 17.2 Å². The van der Waals surface area contributed by atoms with E-state index in [0.29, 0.717) is 16.1 Å². The largest absolute Gasteiger partial charge is 0.321 e. The summed E-state index contributed by atoms with van der Waals surface area (Å²) in [4.78, 5) is 12.6. The van der Waals surface area contributed by atoms with Crippen LogP contribution in [0, 0.1) is 17.7 Å². The first-order chi connectivity index (χ1) is 9.61. The molecule has 2 aromatic rings. The molecule has 0 saturated carbocycles. The van der Waals surface area contributed by atoms with E-state index in [-0.39, 0.29) is 17.5 Å². The Balaban J connectivity index is 2.20. The van der Waals surface area contributed by atoms with Gasteiger partial charge in [0.1, 0.15) is 10.7 Å². The van der Waals surface area contributed by atoms with Crippen LogP contribution in [0.2, 0.25) is 5.02 Å². The molecule has 2 rings (SSSR count). The molecule has 6 heteroatoms. The molecule has 3 N–H and O–H groups in total. The highest BCUT2D eigenvalue weighted by atomic mass is 35.5. The third-order valence-corrected chi connectivity index (χ3v) is 3.59. The summed E-state index contributed by atoms with van der Waals surface area (Å²) in [6.45, 7) is 0.222. The van der Waals surface area contributed by atoms with E-state index < -0.39 is 5.82 Å². The second kappa shape index (κ2) is 6.53. The zero-order valence-corrected chi connectivity index (χ0v) is 11.8. The Kier molecular flexibility index (Phi) is 4.74. The maximum atomic E-state index is 13.3. The van der Waals surface area contributed by atoms with Gasteiger partial charge in [0, 0.05) is 11.3 Å². The maximum Gasteiger partial charge on any atom is 0.267 e. The number of nitrogens with two attached hydrogens (primary N) is 1. The average Bonchev–Trinajstić information content (AvgIpc) is 2.89. The van der Waals surface area contributed by atoms with E-state index in [1.165, 1.54) is 29.5 Å². The molecule has 102 valence electrons. The van der Waals surface area contributed by atoms with Gasteiger partial charge in [-0.25, -0.2) is 4.39 Å². The Labute approximate surface area is 124 Å². The zero-order chi connectivity index (χ0) is 14.5. The molecule has 0 spiro atoms. The minimum absolute atomic E-state index is 0.00799. The molecular formula is C14H10ClFN2OS. The molecule has 1 aromatic carbocycles. The highest BCUT2D eigenvalue weighted by Gasteiger charge is 2.13. The predicted octanol–water partition coefficient (Wildman–Crippen LogP) is 3.10. The second-order valence-electron chi connectivity index (χ2n) is 3.75. The molecule has 0 aliphatic heterocycles. The Hall–Kier alpha value is -1.87. The minimum atomic E-state index is -0.584. The lowest BCUT2D eigenvalue weighted by Crippen LogP contribution is -2.11. The zero-order valence-electron chi connectivity index (χ0n) is 10.2. The van der Waals surface area contributed by atoms with Gasteiger partial charge in [-0.15, -0.1) is 11.3 Å². The summed E-state index contributed by atoms with van der Waals surface area (Å²) < 4.78 is 13.3. The van der Waals surface area contributed by atoms with E-state index in [4.69, 9.17) is 17.3 Å². The van der Waals surface area contributed by atoms with Crippen LogP contribution in [0.5, 0.6) is 0 Å². The molecule has 0 saturated heterocycles. The third kappa shape index (κ3) is 3.36. The number of anilines is 1. The number of halogens is 2. The molecule has 1 aromatic heterocycles. The fraction of sp³-hybridized carbons (Fsp3) is 0.0714. The van der Waals surface area contributed by atoms with Gasteiger partial charge in [-0.2, -0.15) is 0 Å². The molecule has 20 heavy (non-hydrogen) atoms. The van der Waals surface area contributed by atoms with Gasteiger partial charge < -0.3 is 11.1 Å². The van der Waals surface area contributed by atoms with Crippen molar-refractivity contribution < 1.29 is 9.18 Å². The van der Waals surface area contributed by atoms with Gasteiger partial charge in [0.2, 0.25) is 0 Å². The van der Waals surface area contributed by atoms with Gasteiger partial charge in [-0.3, -0.25) is 4.79 Å². The SMILES string of the molecule is NCC#Cc1ccsc1C(=O)Nc1ccc(Cl)c(F)c1. The van der Waals surface area contributed by atoms with Gasteiger partial charge in [0.15, 0.2) is 0 Å². The summed E-state index contributed by atoms with van der Waals surface area (Å²) in [6.07, 6.45) is 0. The first-order valence-corrected chi connectivity index (χ1v) is 6.90. The van der Waals surface area contributed by atoms with Crippen LogP contribution in [0.4, 0.5) is 10.1 Å². The van der Waals surface area contributed by atoms with E-state index in [1.54, 1.807) is 11.4 Å². The monoisotopic (exact) mass is 308 g/mol. The van der Waals surface area contributed by atoms with Gasteiger partial charge in [0.05, 0.1) is 11.6 Å². The van der Waals surface area contributed by atoms with Crippen LogP contribution in [0.15, 0.2) is 29.6 Å². The number of carbonyl (C=O) groups is 1.